The quantitative estimate of drug-likeness (QED) is 0.398. The first-order valence-corrected chi connectivity index (χ1v) is 10.3. The van der Waals surface area contributed by atoms with E-state index in [1.54, 1.807) is 37.5 Å². The molecule has 0 aromatic heterocycles. The molecule has 1 aliphatic heterocycles. The average molecular weight is 424 g/mol. The fraction of sp³-hybridized carbons (Fsp3) is 0.115. The van der Waals surface area contributed by atoms with E-state index in [9.17, 15) is 14.4 Å². The van der Waals surface area contributed by atoms with Crippen molar-refractivity contribution < 1.29 is 19.1 Å². The molecule has 0 unspecified atom stereocenters. The van der Waals surface area contributed by atoms with Crippen LogP contribution >= 0.6 is 0 Å². The van der Waals surface area contributed by atoms with Crippen molar-refractivity contribution in [2.75, 3.05) is 7.11 Å². The summed E-state index contributed by atoms with van der Waals surface area (Å²) in [5.74, 6) is -0.620. The van der Waals surface area contributed by atoms with E-state index in [4.69, 9.17) is 4.74 Å². The van der Waals surface area contributed by atoms with E-state index < -0.39 is 17.8 Å². The van der Waals surface area contributed by atoms with Crippen LogP contribution in [0.15, 0.2) is 72.3 Å². The van der Waals surface area contributed by atoms with E-state index in [1.165, 1.54) is 16.7 Å². The van der Waals surface area contributed by atoms with E-state index in [0.717, 1.165) is 28.0 Å². The maximum absolute atomic E-state index is 13.0. The molecule has 0 saturated carbocycles. The number of hydrogen-bond acceptors (Lipinski definition) is 4. The maximum atomic E-state index is 13.0. The lowest BCUT2D eigenvalue weighted by atomic mass is 10.0. The number of nitrogens with one attached hydrogen (secondary N) is 1. The predicted molar refractivity (Wildman–Crippen MR) is 120 cm³/mol. The molecule has 3 aromatic rings. The van der Waals surface area contributed by atoms with Gasteiger partial charge in [0.25, 0.3) is 11.8 Å². The third kappa shape index (κ3) is 3.46. The summed E-state index contributed by atoms with van der Waals surface area (Å²) >= 11 is 0. The SMILES string of the molecule is COc1ccc(CN2C(=O)NC(=O)C(=Cc3ccc4c(c3)Cc3ccccc3-4)C2=O)cc1. The number of barbiturate groups is 1. The Bertz CT molecular complexity index is 1290. The number of carbonyl (C=O) groups excluding carboxylic acids is 3. The van der Waals surface area contributed by atoms with Gasteiger partial charge in [-0.15, -0.1) is 0 Å². The second-order valence-corrected chi connectivity index (χ2v) is 7.81. The number of methoxy groups -OCH3 is 1. The molecule has 6 nitrogen and oxygen atoms in total. The Balaban J connectivity index is 1.42. The highest BCUT2D eigenvalue weighted by molar-refractivity contribution is 6.31. The second-order valence-electron chi connectivity index (χ2n) is 7.81. The van der Waals surface area contributed by atoms with Gasteiger partial charge in [-0.25, -0.2) is 4.79 Å². The molecule has 0 spiro atoms. The van der Waals surface area contributed by atoms with Crippen LogP contribution in [-0.4, -0.2) is 29.9 Å². The van der Waals surface area contributed by atoms with E-state index in [1.807, 2.05) is 30.3 Å². The van der Waals surface area contributed by atoms with Crippen LogP contribution in [0, 0.1) is 0 Å². The largest absolute Gasteiger partial charge is 0.497 e. The van der Waals surface area contributed by atoms with Crippen molar-refractivity contribution in [3.05, 3.63) is 94.6 Å². The van der Waals surface area contributed by atoms with Crippen LogP contribution in [-0.2, 0) is 22.6 Å². The number of benzene rings is 3. The monoisotopic (exact) mass is 424 g/mol. The molecule has 5 rings (SSSR count). The summed E-state index contributed by atoms with van der Waals surface area (Å²) in [6, 6.07) is 20.5. The number of hydrogen-bond donors (Lipinski definition) is 1. The summed E-state index contributed by atoms with van der Waals surface area (Å²) < 4.78 is 5.14. The van der Waals surface area contributed by atoms with Gasteiger partial charge >= 0.3 is 6.03 Å². The van der Waals surface area contributed by atoms with Gasteiger partial charge in [0, 0.05) is 0 Å². The van der Waals surface area contributed by atoms with Crippen LogP contribution in [0.4, 0.5) is 4.79 Å². The van der Waals surface area contributed by atoms with Gasteiger partial charge in [0.1, 0.15) is 11.3 Å². The molecule has 1 saturated heterocycles. The maximum Gasteiger partial charge on any atom is 0.331 e. The number of nitrogens with zero attached hydrogens (tertiary/aromatic N) is 1. The van der Waals surface area contributed by atoms with Crippen LogP contribution < -0.4 is 10.1 Å². The molecule has 1 aliphatic carbocycles. The zero-order chi connectivity index (χ0) is 22.2. The Kier molecular flexibility index (Phi) is 4.82. The van der Waals surface area contributed by atoms with Crippen LogP contribution in [0.2, 0.25) is 0 Å². The predicted octanol–water partition coefficient (Wildman–Crippen LogP) is 3.93. The number of rotatable bonds is 4. The molecule has 158 valence electrons. The lowest BCUT2D eigenvalue weighted by molar-refractivity contribution is -0.130. The van der Waals surface area contributed by atoms with Gasteiger partial charge in [0.15, 0.2) is 0 Å². The lowest BCUT2D eigenvalue weighted by Crippen LogP contribution is -2.53. The molecule has 0 atom stereocenters. The second kappa shape index (κ2) is 7.81. The zero-order valence-corrected chi connectivity index (χ0v) is 17.4. The van der Waals surface area contributed by atoms with Gasteiger partial charge in [0.2, 0.25) is 0 Å². The summed E-state index contributed by atoms with van der Waals surface area (Å²) in [5, 5.41) is 2.27. The van der Waals surface area contributed by atoms with Crippen molar-refractivity contribution in [2.45, 2.75) is 13.0 Å². The molecule has 1 N–H and O–H groups in total. The van der Waals surface area contributed by atoms with E-state index >= 15 is 0 Å². The fourth-order valence-corrected chi connectivity index (χ4v) is 4.17. The number of urea groups is 1. The molecule has 6 heteroatoms. The molecule has 2 aliphatic rings. The summed E-state index contributed by atoms with van der Waals surface area (Å²) in [6.07, 6.45) is 2.36. The van der Waals surface area contributed by atoms with Gasteiger partial charge in [-0.05, 0) is 58.0 Å². The first kappa shape index (κ1) is 19.8. The first-order chi connectivity index (χ1) is 15.5. The molecule has 0 radical (unpaired) electrons. The molecule has 32 heavy (non-hydrogen) atoms. The summed E-state index contributed by atoms with van der Waals surface area (Å²) in [4.78, 5) is 38.9. The average Bonchev–Trinajstić information content (AvgIpc) is 3.17. The van der Waals surface area contributed by atoms with Crippen LogP contribution in [0.25, 0.3) is 17.2 Å². The van der Waals surface area contributed by atoms with Gasteiger partial charge in [-0.1, -0.05) is 54.6 Å². The molecular weight excluding hydrogens is 404 g/mol. The van der Waals surface area contributed by atoms with Gasteiger partial charge in [0.05, 0.1) is 13.7 Å². The van der Waals surface area contributed by atoms with E-state index in [-0.39, 0.29) is 12.1 Å². The first-order valence-electron chi connectivity index (χ1n) is 10.3. The topological polar surface area (TPSA) is 75.7 Å². The Morgan fingerprint density at radius 1 is 0.938 bits per heavy atom. The standard InChI is InChI=1S/C26H20N2O4/c1-32-20-9-6-16(7-10-20)15-28-25(30)23(24(29)27-26(28)31)13-17-8-11-22-19(12-17)14-18-4-2-3-5-21(18)22/h2-13H,14-15H2,1H3,(H,27,29,31). The van der Waals surface area contributed by atoms with Gasteiger partial charge in [-0.2, -0.15) is 0 Å². The van der Waals surface area contributed by atoms with Crippen LogP contribution in [0.5, 0.6) is 5.75 Å². The van der Waals surface area contributed by atoms with Gasteiger partial charge in [-0.3, -0.25) is 19.8 Å². The van der Waals surface area contributed by atoms with E-state index in [2.05, 4.69) is 17.4 Å². The van der Waals surface area contributed by atoms with Gasteiger partial charge < -0.3 is 4.74 Å². The normalized spacial score (nSPS) is 16.1. The minimum Gasteiger partial charge on any atom is -0.497 e. The number of fused-ring (bicyclic) bond motifs is 3. The van der Waals surface area contributed by atoms with E-state index in [0.29, 0.717) is 5.75 Å². The van der Waals surface area contributed by atoms with Crippen molar-refractivity contribution in [1.82, 2.24) is 10.2 Å². The zero-order valence-electron chi connectivity index (χ0n) is 17.4. The smallest absolute Gasteiger partial charge is 0.331 e. The Morgan fingerprint density at radius 2 is 1.69 bits per heavy atom. The summed E-state index contributed by atoms with van der Waals surface area (Å²) in [6.45, 7) is 0.0543. The molecule has 1 heterocycles. The minimum absolute atomic E-state index is 0.0543. The molecule has 1 fully saturated rings. The minimum atomic E-state index is -0.725. The molecular formula is C26H20N2O4. The summed E-state index contributed by atoms with van der Waals surface area (Å²) in [7, 11) is 1.57. The fourth-order valence-electron chi connectivity index (χ4n) is 4.17. The number of imide groups is 2. The van der Waals surface area contributed by atoms with Crippen molar-refractivity contribution in [1.29, 1.82) is 0 Å². The Labute approximate surface area is 185 Å². The number of amides is 4. The van der Waals surface area contributed by atoms with Crippen molar-refractivity contribution >= 4 is 23.9 Å². The highest BCUT2D eigenvalue weighted by Gasteiger charge is 2.35. The lowest BCUT2D eigenvalue weighted by Gasteiger charge is -2.26. The third-order valence-corrected chi connectivity index (χ3v) is 5.81. The Morgan fingerprint density at radius 3 is 2.47 bits per heavy atom. The highest BCUT2D eigenvalue weighted by atomic mass is 16.5. The van der Waals surface area contributed by atoms with Crippen molar-refractivity contribution in [3.63, 3.8) is 0 Å². The Hall–Kier alpha value is -4.19. The van der Waals surface area contributed by atoms with Crippen LogP contribution in [0.1, 0.15) is 22.3 Å². The molecule has 3 aromatic carbocycles. The summed E-state index contributed by atoms with van der Waals surface area (Å²) in [5.41, 5.74) is 6.22. The number of carbonyl (C=O) groups is 3. The number of ether oxygens (including phenoxy) is 1. The highest BCUT2D eigenvalue weighted by Crippen LogP contribution is 2.37. The molecule has 4 amide bonds. The van der Waals surface area contributed by atoms with Crippen molar-refractivity contribution in [3.8, 4) is 16.9 Å². The third-order valence-electron chi connectivity index (χ3n) is 5.81. The van der Waals surface area contributed by atoms with Crippen molar-refractivity contribution in [2.24, 2.45) is 0 Å². The molecule has 0 bridgehead atoms. The van der Waals surface area contributed by atoms with Crippen LogP contribution in [0.3, 0.4) is 0 Å².